The number of hydrogen-bond acceptors (Lipinski definition) is 16. The van der Waals surface area contributed by atoms with E-state index in [1.165, 1.54) is 0 Å². The predicted octanol–water partition coefficient (Wildman–Crippen LogP) is 1.79. The molecule has 52 heavy (non-hydrogen) atoms. The van der Waals surface area contributed by atoms with Crippen molar-refractivity contribution in [2.24, 2.45) is 0 Å². The predicted molar refractivity (Wildman–Crippen MR) is 178 cm³/mol. The summed E-state index contributed by atoms with van der Waals surface area (Å²) >= 11 is 0. The zero-order valence-corrected chi connectivity index (χ0v) is 30.9. The van der Waals surface area contributed by atoms with E-state index in [0.29, 0.717) is 126 Å². The number of halogens is 3. The van der Waals surface area contributed by atoms with Crippen LogP contribution in [0.1, 0.15) is 0 Å². The van der Waals surface area contributed by atoms with Gasteiger partial charge in [-0.15, -0.1) is 0 Å². The van der Waals surface area contributed by atoms with Gasteiger partial charge in [0, 0.05) is 12.0 Å². The molecule has 0 saturated carbocycles. The molecule has 0 fully saturated rings. The number of hydrogen-bond donors (Lipinski definition) is 0. The third-order valence-electron chi connectivity index (χ3n) is 5.89. The summed E-state index contributed by atoms with van der Waals surface area (Å²) in [6, 6.07) is 4.04. The van der Waals surface area contributed by atoms with Gasteiger partial charge >= 0.3 is 5.51 Å². The van der Waals surface area contributed by atoms with Gasteiger partial charge in [0.2, 0.25) is 0 Å². The highest BCUT2D eigenvalue weighted by atomic mass is 32.3. The van der Waals surface area contributed by atoms with Gasteiger partial charge in [-0.25, -0.2) is 16.8 Å². The second-order valence-corrected chi connectivity index (χ2v) is 13.3. The molecule has 1 aromatic rings. The molecule has 0 aliphatic rings. The fourth-order valence-corrected chi connectivity index (χ4v) is 5.56. The maximum Gasteiger partial charge on any atom is 0.480 e. The Balaban J connectivity index is 1.80. The third-order valence-corrected chi connectivity index (χ3v) is 8.91. The van der Waals surface area contributed by atoms with Crippen LogP contribution in [0.25, 0.3) is 4.13 Å². The van der Waals surface area contributed by atoms with Gasteiger partial charge in [-0.1, -0.05) is 0 Å². The van der Waals surface area contributed by atoms with Gasteiger partial charge in [0.15, 0.2) is 10.0 Å². The van der Waals surface area contributed by atoms with Gasteiger partial charge in [0.25, 0.3) is 0 Å². The first-order chi connectivity index (χ1) is 25.0. The molecule has 1 aromatic carbocycles. The Kier molecular flexibility index (Phi) is 28.3. The molecule has 0 saturated heterocycles. The summed E-state index contributed by atoms with van der Waals surface area (Å²) in [4.78, 5) is -0.742. The van der Waals surface area contributed by atoms with Crippen molar-refractivity contribution in [1.29, 1.82) is 0 Å². The molecule has 0 N–H and O–H groups in total. The van der Waals surface area contributed by atoms with Crippen LogP contribution in [0.5, 0.6) is 5.75 Å². The Labute approximate surface area is 303 Å². The molecule has 0 radical (unpaired) electrons. The number of rotatable bonds is 37. The Morgan fingerprint density at radius 1 is 0.462 bits per heavy atom. The van der Waals surface area contributed by atoms with Crippen molar-refractivity contribution in [2.45, 2.75) is 10.4 Å². The smallest absolute Gasteiger partial charge is 0.480 e. The van der Waals surface area contributed by atoms with Crippen LogP contribution in [0.15, 0.2) is 29.2 Å². The lowest BCUT2D eigenvalue weighted by Crippen LogP contribution is -2.24. The number of alkyl halides is 3. The van der Waals surface area contributed by atoms with Crippen LogP contribution in [-0.4, -0.2) is 175 Å². The van der Waals surface area contributed by atoms with Crippen LogP contribution in [0, 0.1) is 0 Å². The van der Waals surface area contributed by atoms with E-state index in [-0.39, 0.29) is 25.6 Å². The summed E-state index contributed by atoms with van der Waals surface area (Å²) in [5.74, 6) is 0.183. The normalized spacial score (nSPS) is 12.5. The first kappa shape index (κ1) is 48.2. The lowest BCUT2D eigenvalue weighted by molar-refractivity contribution is -0.0425. The lowest BCUT2D eigenvalue weighted by Gasteiger charge is -2.22. The van der Waals surface area contributed by atoms with E-state index >= 15 is 0 Å². The van der Waals surface area contributed by atoms with E-state index in [0.717, 1.165) is 24.3 Å². The molecule has 22 heteroatoms. The highest BCUT2D eigenvalue weighted by molar-refractivity contribution is 8.12. The second kappa shape index (κ2) is 30.5. The van der Waals surface area contributed by atoms with Crippen LogP contribution in [-0.2, 0) is 72.2 Å². The molecule has 0 unspecified atom stereocenters. The maximum atomic E-state index is 12.4. The van der Waals surface area contributed by atoms with Gasteiger partial charge < -0.3 is 61.0 Å². The van der Waals surface area contributed by atoms with Crippen molar-refractivity contribution < 1.29 is 86.8 Å². The molecule has 0 aliphatic carbocycles. The van der Waals surface area contributed by atoms with Crippen molar-refractivity contribution in [3.05, 3.63) is 28.4 Å². The van der Waals surface area contributed by atoms with Gasteiger partial charge in [0.1, 0.15) is 22.4 Å². The summed E-state index contributed by atoms with van der Waals surface area (Å²) in [6.45, 7) is 9.23. The molecule has 306 valence electrons. The van der Waals surface area contributed by atoms with E-state index in [2.05, 4.69) is 0 Å². The molecular formula is C30H51F3NO16S2-. The number of ether oxygens (including phenoxy) is 12. The van der Waals surface area contributed by atoms with Gasteiger partial charge in [-0.3, -0.25) is 0 Å². The van der Waals surface area contributed by atoms with Crippen molar-refractivity contribution >= 4 is 20.0 Å². The first-order valence-electron chi connectivity index (χ1n) is 16.3. The maximum absolute atomic E-state index is 12.4. The molecular weight excluding hydrogens is 751 g/mol. The largest absolute Gasteiger partial charge is 0.491 e. The molecule has 0 bridgehead atoms. The Morgan fingerprint density at radius 2 is 0.731 bits per heavy atom. The van der Waals surface area contributed by atoms with E-state index in [1.54, 1.807) is 7.11 Å². The quantitative estimate of drug-likeness (QED) is 0.0884. The molecule has 0 amide bonds. The average Bonchev–Trinajstić information content (AvgIpc) is 3.09. The van der Waals surface area contributed by atoms with Crippen molar-refractivity contribution in [1.82, 2.24) is 0 Å². The third kappa shape index (κ3) is 26.1. The fraction of sp³-hybridized carbons (Fsp3) is 0.800. The SMILES string of the molecule is COCCOCCOCCOCCOCCOCCOCCOCCOCCOCCOCCOc1ccc(S(=O)(=O)[N-]S(=O)(=O)C(F)(F)F)cc1. The second-order valence-electron chi connectivity index (χ2n) is 9.91. The molecule has 1 rings (SSSR count). The first-order valence-corrected chi connectivity index (χ1v) is 19.2. The highest BCUT2D eigenvalue weighted by Crippen LogP contribution is 2.32. The number of nitrogens with zero attached hydrogens (tertiary/aromatic N) is 1. The lowest BCUT2D eigenvalue weighted by atomic mass is 10.3. The molecule has 17 nitrogen and oxygen atoms in total. The Bertz CT molecular complexity index is 1200. The van der Waals surface area contributed by atoms with Crippen LogP contribution in [0.4, 0.5) is 13.2 Å². The monoisotopic (exact) mass is 802 g/mol. The Morgan fingerprint density at radius 3 is 1.00 bits per heavy atom. The standard InChI is InChI=1S/C30H51F3NO16S2/c1-39-6-7-40-8-9-41-10-11-42-12-13-43-14-15-44-16-17-45-18-19-46-20-21-47-22-23-48-24-25-49-26-27-50-28-2-4-29(5-3-28)51(35,36)34-52(37,38)30(31,32)33/h2-5H,6-27H2,1H3/q-1. The van der Waals surface area contributed by atoms with E-state index in [1.807, 2.05) is 4.13 Å². The van der Waals surface area contributed by atoms with Gasteiger partial charge in [-0.05, 0) is 24.3 Å². The summed E-state index contributed by atoms with van der Waals surface area (Å²) < 4.78 is 149. The zero-order chi connectivity index (χ0) is 38.2. The van der Waals surface area contributed by atoms with Crippen LogP contribution >= 0.6 is 0 Å². The van der Waals surface area contributed by atoms with Crippen molar-refractivity contribution in [3.8, 4) is 5.75 Å². The minimum atomic E-state index is -6.21. The summed E-state index contributed by atoms with van der Waals surface area (Å²) in [6.07, 6.45) is 0. The van der Waals surface area contributed by atoms with E-state index in [9.17, 15) is 30.0 Å². The highest BCUT2D eigenvalue weighted by Gasteiger charge is 2.40. The van der Waals surface area contributed by atoms with E-state index in [4.69, 9.17) is 56.8 Å². The number of methoxy groups -OCH3 is 1. The van der Waals surface area contributed by atoms with Crippen molar-refractivity contribution in [3.63, 3.8) is 0 Å². The number of sulfonamides is 2. The van der Waals surface area contributed by atoms with Crippen LogP contribution in [0.2, 0.25) is 0 Å². The number of benzene rings is 1. The zero-order valence-electron chi connectivity index (χ0n) is 29.3. The topological polar surface area (TPSA) is 193 Å². The summed E-state index contributed by atoms with van der Waals surface area (Å²) in [5.41, 5.74) is -5.83. The molecule has 0 spiro atoms. The van der Waals surface area contributed by atoms with Crippen LogP contribution in [0.3, 0.4) is 0 Å². The van der Waals surface area contributed by atoms with Crippen molar-refractivity contribution in [2.75, 3.05) is 152 Å². The summed E-state index contributed by atoms with van der Waals surface area (Å²) in [7, 11) is -9.67. The minimum absolute atomic E-state index is 0.0828. The van der Waals surface area contributed by atoms with Gasteiger partial charge in [-0.2, -0.15) is 13.2 Å². The van der Waals surface area contributed by atoms with E-state index < -0.39 is 30.5 Å². The fourth-order valence-electron chi connectivity index (χ4n) is 3.36. The van der Waals surface area contributed by atoms with Gasteiger partial charge in [0.05, 0.1) is 139 Å². The molecule has 0 heterocycles. The van der Waals surface area contributed by atoms with Crippen LogP contribution < -0.4 is 4.74 Å². The minimum Gasteiger partial charge on any atom is -0.491 e. The Hall–Kier alpha value is -1.77. The molecule has 0 aromatic heterocycles. The summed E-state index contributed by atoms with van der Waals surface area (Å²) in [5, 5.41) is 0. The molecule has 0 aliphatic heterocycles. The average molecular weight is 803 g/mol. The molecule has 0 atom stereocenters.